The smallest absolute Gasteiger partial charge is 0.0561 e. The topological polar surface area (TPSA) is 24.4 Å². The van der Waals surface area contributed by atoms with Gasteiger partial charge in [0.25, 0.3) is 0 Å². The first-order valence-corrected chi connectivity index (χ1v) is 4.56. The monoisotopic (exact) mass is 164 g/mol. The molecular weight excluding hydrogens is 148 g/mol. The molecule has 0 aromatic carbocycles. The lowest BCUT2D eigenvalue weighted by Gasteiger charge is -2.08. The molecule has 0 amide bonds. The fourth-order valence-electron chi connectivity index (χ4n) is 0.998. The zero-order chi connectivity index (χ0) is 8.81. The molecule has 1 heterocycles. The van der Waals surface area contributed by atoms with Gasteiger partial charge in [-0.2, -0.15) is 0 Å². The fraction of sp³-hybridized carbons (Fsp3) is 0.500. The van der Waals surface area contributed by atoms with Crippen LogP contribution in [-0.4, -0.2) is 6.21 Å². The molecule has 1 rings (SSSR count). The Labute approximate surface area is 74.1 Å². The first-order valence-electron chi connectivity index (χ1n) is 4.56. The molecule has 0 fully saturated rings. The van der Waals surface area contributed by atoms with E-state index in [1.807, 2.05) is 12.4 Å². The van der Waals surface area contributed by atoms with Crippen LogP contribution in [-0.2, 0) is 0 Å². The van der Waals surface area contributed by atoms with Gasteiger partial charge in [-0.15, -0.1) is 0 Å². The Balaban J connectivity index is 2.47. The van der Waals surface area contributed by atoms with Gasteiger partial charge in [0.2, 0.25) is 0 Å². The Bertz CT molecular complexity index is 224. The maximum Gasteiger partial charge on any atom is 0.0561 e. The lowest BCUT2D eigenvalue weighted by atomic mass is 10.2. The molecule has 2 heteroatoms. The van der Waals surface area contributed by atoms with Gasteiger partial charge in [0.15, 0.2) is 0 Å². The van der Waals surface area contributed by atoms with Crippen LogP contribution in [0.3, 0.4) is 0 Å². The quantitative estimate of drug-likeness (QED) is 0.681. The fourth-order valence-corrected chi connectivity index (χ4v) is 0.998. The number of aliphatic imine (C=N–C) groups is 1. The van der Waals surface area contributed by atoms with E-state index < -0.39 is 0 Å². The third-order valence-electron chi connectivity index (χ3n) is 1.79. The van der Waals surface area contributed by atoms with E-state index >= 15 is 0 Å². The van der Waals surface area contributed by atoms with E-state index in [9.17, 15) is 0 Å². The molecule has 0 aromatic rings. The molecular formula is C10H16N2. The first kappa shape index (κ1) is 9.04. The van der Waals surface area contributed by atoms with Crippen LogP contribution in [0, 0.1) is 0 Å². The molecule has 0 bridgehead atoms. The summed E-state index contributed by atoms with van der Waals surface area (Å²) in [5, 5.41) is 3.20. The van der Waals surface area contributed by atoms with Crippen LogP contribution in [0.25, 0.3) is 0 Å². The minimum Gasteiger partial charge on any atom is -0.359 e. The highest BCUT2D eigenvalue weighted by atomic mass is 14.9. The molecule has 2 nitrogen and oxygen atoms in total. The van der Waals surface area contributed by atoms with E-state index in [0.717, 1.165) is 24.2 Å². The maximum absolute atomic E-state index is 4.29. The van der Waals surface area contributed by atoms with Crippen molar-refractivity contribution in [3.05, 3.63) is 23.7 Å². The van der Waals surface area contributed by atoms with Crippen molar-refractivity contribution in [2.24, 2.45) is 4.99 Å². The number of hydrogen-bond donors (Lipinski definition) is 1. The molecule has 0 saturated carbocycles. The molecule has 0 spiro atoms. The number of rotatable bonds is 3. The number of nitrogens with zero attached hydrogens (tertiary/aromatic N) is 1. The van der Waals surface area contributed by atoms with E-state index in [2.05, 4.69) is 30.2 Å². The van der Waals surface area contributed by atoms with E-state index in [-0.39, 0.29) is 0 Å². The molecule has 0 radical (unpaired) electrons. The van der Waals surface area contributed by atoms with E-state index in [0.29, 0.717) is 0 Å². The Morgan fingerprint density at radius 3 is 2.83 bits per heavy atom. The Morgan fingerprint density at radius 1 is 1.50 bits per heavy atom. The van der Waals surface area contributed by atoms with Crippen molar-refractivity contribution in [1.82, 2.24) is 5.32 Å². The van der Waals surface area contributed by atoms with E-state index in [4.69, 9.17) is 0 Å². The second-order valence-electron chi connectivity index (χ2n) is 2.84. The summed E-state index contributed by atoms with van der Waals surface area (Å²) in [6, 6.07) is 0. The highest BCUT2D eigenvalue weighted by molar-refractivity contribution is 5.79. The third-order valence-corrected chi connectivity index (χ3v) is 1.79. The van der Waals surface area contributed by atoms with Crippen LogP contribution >= 0.6 is 0 Å². The summed E-state index contributed by atoms with van der Waals surface area (Å²) in [6.07, 6.45) is 9.33. The SMILES string of the molecule is CCC/C=C1/C=NC(CC)=CN1. The van der Waals surface area contributed by atoms with Gasteiger partial charge in [0, 0.05) is 6.20 Å². The average Bonchev–Trinajstić information content (AvgIpc) is 2.15. The predicted molar refractivity (Wildman–Crippen MR) is 53.0 cm³/mol. The maximum atomic E-state index is 4.29. The Hall–Kier alpha value is -1.05. The van der Waals surface area contributed by atoms with Gasteiger partial charge in [0.05, 0.1) is 17.6 Å². The van der Waals surface area contributed by atoms with Crippen LogP contribution < -0.4 is 5.32 Å². The molecule has 1 N–H and O–H groups in total. The van der Waals surface area contributed by atoms with E-state index in [1.54, 1.807) is 0 Å². The normalized spacial score (nSPS) is 19.2. The molecule has 0 aliphatic carbocycles. The standard InChI is InChI=1S/C10H16N2/c1-3-5-6-10-8-11-9(4-2)7-12-10/h6-8,12H,3-5H2,1-2H3/b10-6-. The van der Waals surface area contributed by atoms with Crippen LogP contribution in [0.5, 0.6) is 0 Å². The molecule has 0 unspecified atom stereocenters. The molecule has 0 saturated heterocycles. The van der Waals surface area contributed by atoms with E-state index in [1.165, 1.54) is 6.42 Å². The van der Waals surface area contributed by atoms with Gasteiger partial charge >= 0.3 is 0 Å². The summed E-state index contributed by atoms with van der Waals surface area (Å²) >= 11 is 0. The summed E-state index contributed by atoms with van der Waals surface area (Å²) in [6.45, 7) is 4.27. The molecule has 0 atom stereocenters. The molecule has 12 heavy (non-hydrogen) atoms. The third kappa shape index (κ3) is 2.53. The highest BCUT2D eigenvalue weighted by Gasteiger charge is 1.97. The summed E-state index contributed by atoms with van der Waals surface area (Å²) in [5.41, 5.74) is 2.23. The number of unbranched alkanes of at least 4 members (excludes halogenated alkanes) is 1. The zero-order valence-electron chi connectivity index (χ0n) is 7.80. The summed E-state index contributed by atoms with van der Waals surface area (Å²) in [7, 11) is 0. The van der Waals surface area contributed by atoms with Gasteiger partial charge in [-0.3, -0.25) is 4.99 Å². The first-order chi connectivity index (χ1) is 5.86. The number of hydrogen-bond acceptors (Lipinski definition) is 2. The van der Waals surface area contributed by atoms with Crippen molar-refractivity contribution in [2.75, 3.05) is 0 Å². The van der Waals surface area contributed by atoms with Crippen molar-refractivity contribution in [1.29, 1.82) is 0 Å². The molecule has 1 aliphatic rings. The van der Waals surface area contributed by atoms with Crippen LogP contribution in [0.15, 0.2) is 28.7 Å². The van der Waals surface area contributed by atoms with Crippen molar-refractivity contribution in [2.45, 2.75) is 33.1 Å². The molecule has 0 aromatic heterocycles. The Kier molecular flexibility index (Phi) is 3.58. The van der Waals surface area contributed by atoms with Crippen LogP contribution in [0.2, 0.25) is 0 Å². The van der Waals surface area contributed by atoms with Crippen LogP contribution in [0.4, 0.5) is 0 Å². The van der Waals surface area contributed by atoms with Gasteiger partial charge in [-0.05, 0) is 12.8 Å². The minimum atomic E-state index is 0.991. The van der Waals surface area contributed by atoms with Crippen LogP contribution in [0.1, 0.15) is 33.1 Å². The minimum absolute atomic E-state index is 0.991. The second kappa shape index (κ2) is 4.75. The Morgan fingerprint density at radius 2 is 2.33 bits per heavy atom. The molecule has 1 aliphatic heterocycles. The van der Waals surface area contributed by atoms with Crippen molar-refractivity contribution in [3.63, 3.8) is 0 Å². The summed E-state index contributed by atoms with van der Waals surface area (Å²) in [5.74, 6) is 0. The lowest BCUT2D eigenvalue weighted by Crippen LogP contribution is -2.11. The second-order valence-corrected chi connectivity index (χ2v) is 2.84. The van der Waals surface area contributed by atoms with Gasteiger partial charge in [-0.1, -0.05) is 26.3 Å². The lowest BCUT2D eigenvalue weighted by molar-refractivity contribution is 0.927. The van der Waals surface area contributed by atoms with Gasteiger partial charge in [-0.25, -0.2) is 0 Å². The number of nitrogens with one attached hydrogen (secondary N) is 1. The number of allylic oxidation sites excluding steroid dienone is 3. The summed E-state index contributed by atoms with van der Waals surface area (Å²) < 4.78 is 0. The van der Waals surface area contributed by atoms with Gasteiger partial charge in [0.1, 0.15) is 0 Å². The highest BCUT2D eigenvalue weighted by Crippen LogP contribution is 2.06. The molecule has 66 valence electrons. The average molecular weight is 164 g/mol. The van der Waals surface area contributed by atoms with Gasteiger partial charge < -0.3 is 5.32 Å². The summed E-state index contributed by atoms with van der Waals surface area (Å²) in [4.78, 5) is 4.29. The van der Waals surface area contributed by atoms with Crippen molar-refractivity contribution < 1.29 is 0 Å². The van der Waals surface area contributed by atoms with Crippen molar-refractivity contribution >= 4 is 6.21 Å². The largest absolute Gasteiger partial charge is 0.359 e. The zero-order valence-corrected chi connectivity index (χ0v) is 7.80. The predicted octanol–water partition coefficient (Wildman–Crippen LogP) is 2.60. The van der Waals surface area contributed by atoms with Crippen molar-refractivity contribution in [3.8, 4) is 0 Å².